The van der Waals surface area contributed by atoms with E-state index in [1.165, 1.54) is 0 Å². The van der Waals surface area contributed by atoms with Crippen molar-refractivity contribution in [2.24, 2.45) is 5.73 Å². The van der Waals surface area contributed by atoms with E-state index >= 15 is 0 Å². The lowest BCUT2D eigenvalue weighted by Crippen LogP contribution is -2.27. The molecule has 0 aliphatic heterocycles. The second-order valence-electron chi connectivity index (χ2n) is 4.56. The molecule has 0 aromatic heterocycles. The predicted octanol–water partition coefficient (Wildman–Crippen LogP) is 2.64. The van der Waals surface area contributed by atoms with Gasteiger partial charge in [-0.05, 0) is 24.1 Å². The van der Waals surface area contributed by atoms with Crippen LogP contribution in [0.1, 0.15) is 17.2 Å². The van der Waals surface area contributed by atoms with Crippen LogP contribution < -0.4 is 15.8 Å². The van der Waals surface area contributed by atoms with Crippen molar-refractivity contribution in [3.63, 3.8) is 0 Å². The van der Waals surface area contributed by atoms with Crippen LogP contribution in [0, 0.1) is 6.92 Å². The quantitative estimate of drug-likeness (QED) is 0.897. The Hall–Kier alpha value is -2.33. The number of methoxy groups -OCH3 is 1. The van der Waals surface area contributed by atoms with Gasteiger partial charge in [-0.25, -0.2) is 0 Å². The highest BCUT2D eigenvalue weighted by Gasteiger charge is 2.16. The number of aryl methyl sites for hydroxylation is 1. The van der Waals surface area contributed by atoms with Gasteiger partial charge in [-0.15, -0.1) is 0 Å². The zero-order chi connectivity index (χ0) is 14.5. The Morgan fingerprint density at radius 2 is 1.90 bits per heavy atom. The summed E-state index contributed by atoms with van der Waals surface area (Å²) < 4.78 is 5.15. The summed E-state index contributed by atoms with van der Waals surface area (Å²) in [6.45, 7) is 1.92. The highest BCUT2D eigenvalue weighted by atomic mass is 16.5. The maximum Gasteiger partial charge on any atom is 0.245 e. The molecule has 104 valence electrons. The molecule has 0 saturated carbocycles. The lowest BCUT2D eigenvalue weighted by molar-refractivity contribution is -0.117. The first-order valence-electron chi connectivity index (χ1n) is 6.38. The van der Waals surface area contributed by atoms with Gasteiger partial charge in [0.05, 0.1) is 7.11 Å². The lowest BCUT2D eigenvalue weighted by atomic mass is 10.1. The Morgan fingerprint density at radius 1 is 1.20 bits per heavy atom. The highest BCUT2D eigenvalue weighted by Crippen LogP contribution is 2.23. The van der Waals surface area contributed by atoms with Gasteiger partial charge >= 0.3 is 0 Å². The van der Waals surface area contributed by atoms with Crippen molar-refractivity contribution in [2.75, 3.05) is 12.4 Å². The molecule has 0 heterocycles. The van der Waals surface area contributed by atoms with Gasteiger partial charge in [-0.3, -0.25) is 4.79 Å². The third-order valence-electron chi connectivity index (χ3n) is 3.14. The standard InChI is InChI=1S/C16H18N2O2/c1-11-8-9-13(20-2)10-14(11)18-16(19)15(17)12-6-4-3-5-7-12/h3-10,15H,17H2,1-2H3,(H,18,19). The average molecular weight is 270 g/mol. The molecule has 1 atom stereocenters. The van der Waals surface area contributed by atoms with Crippen LogP contribution in [0.15, 0.2) is 48.5 Å². The molecule has 1 unspecified atom stereocenters. The molecule has 0 radical (unpaired) electrons. The molecule has 4 nitrogen and oxygen atoms in total. The van der Waals surface area contributed by atoms with Crippen molar-refractivity contribution in [3.8, 4) is 5.75 Å². The fraction of sp³-hybridized carbons (Fsp3) is 0.188. The van der Waals surface area contributed by atoms with E-state index in [-0.39, 0.29) is 5.91 Å². The summed E-state index contributed by atoms with van der Waals surface area (Å²) in [5, 5.41) is 2.84. The molecule has 0 aliphatic rings. The van der Waals surface area contributed by atoms with Gasteiger partial charge in [-0.2, -0.15) is 0 Å². The first-order chi connectivity index (χ1) is 9.61. The Morgan fingerprint density at radius 3 is 2.55 bits per heavy atom. The number of nitrogens with two attached hydrogens (primary N) is 1. The van der Waals surface area contributed by atoms with E-state index in [1.54, 1.807) is 13.2 Å². The van der Waals surface area contributed by atoms with E-state index < -0.39 is 6.04 Å². The van der Waals surface area contributed by atoms with Gasteiger partial charge in [0, 0.05) is 11.8 Å². The van der Waals surface area contributed by atoms with Gasteiger partial charge < -0.3 is 15.8 Å². The van der Waals surface area contributed by atoms with Crippen LogP contribution in [0.25, 0.3) is 0 Å². The third-order valence-corrected chi connectivity index (χ3v) is 3.14. The normalized spacial score (nSPS) is 11.8. The molecule has 1 amide bonds. The minimum absolute atomic E-state index is 0.243. The van der Waals surface area contributed by atoms with E-state index in [0.717, 1.165) is 11.1 Å². The van der Waals surface area contributed by atoms with Crippen LogP contribution in [0.4, 0.5) is 5.69 Å². The molecule has 20 heavy (non-hydrogen) atoms. The Labute approximate surface area is 118 Å². The van der Waals surface area contributed by atoms with Crippen molar-refractivity contribution in [3.05, 3.63) is 59.7 Å². The van der Waals surface area contributed by atoms with Crippen molar-refractivity contribution < 1.29 is 9.53 Å². The first kappa shape index (κ1) is 14.1. The number of anilines is 1. The summed E-state index contributed by atoms with van der Waals surface area (Å²) in [6.07, 6.45) is 0. The summed E-state index contributed by atoms with van der Waals surface area (Å²) in [4.78, 5) is 12.2. The third kappa shape index (κ3) is 3.16. The number of rotatable bonds is 4. The van der Waals surface area contributed by atoms with Crippen LogP contribution in [-0.4, -0.2) is 13.0 Å². The Balaban J connectivity index is 2.15. The van der Waals surface area contributed by atoms with Crippen LogP contribution >= 0.6 is 0 Å². The molecule has 2 rings (SSSR count). The summed E-state index contributed by atoms with van der Waals surface area (Å²) in [5.41, 5.74) is 8.41. The van der Waals surface area contributed by atoms with Crippen molar-refractivity contribution >= 4 is 11.6 Å². The van der Waals surface area contributed by atoms with Crippen molar-refractivity contribution in [1.29, 1.82) is 0 Å². The van der Waals surface area contributed by atoms with Gasteiger partial charge in [0.15, 0.2) is 0 Å². The molecule has 0 saturated heterocycles. The topological polar surface area (TPSA) is 64.3 Å². The van der Waals surface area contributed by atoms with E-state index in [4.69, 9.17) is 10.5 Å². The second kappa shape index (κ2) is 6.21. The number of hydrogen-bond acceptors (Lipinski definition) is 3. The van der Waals surface area contributed by atoms with Crippen LogP contribution in [0.5, 0.6) is 5.75 Å². The van der Waals surface area contributed by atoms with Crippen LogP contribution in [0.3, 0.4) is 0 Å². The molecule has 0 spiro atoms. The SMILES string of the molecule is COc1ccc(C)c(NC(=O)C(N)c2ccccc2)c1. The first-order valence-corrected chi connectivity index (χ1v) is 6.38. The van der Waals surface area contributed by atoms with Crippen molar-refractivity contribution in [1.82, 2.24) is 0 Å². The molecular weight excluding hydrogens is 252 g/mol. The number of hydrogen-bond donors (Lipinski definition) is 2. The van der Waals surface area contributed by atoms with Crippen molar-refractivity contribution in [2.45, 2.75) is 13.0 Å². The molecule has 3 N–H and O–H groups in total. The molecule has 2 aromatic rings. The van der Waals surface area contributed by atoms with Gasteiger partial charge in [0.2, 0.25) is 5.91 Å². The van der Waals surface area contributed by atoms with E-state index in [9.17, 15) is 4.79 Å². The second-order valence-corrected chi connectivity index (χ2v) is 4.56. The largest absolute Gasteiger partial charge is 0.497 e. The van der Waals surface area contributed by atoms with Gasteiger partial charge in [-0.1, -0.05) is 36.4 Å². The van der Waals surface area contributed by atoms with Gasteiger partial charge in [0.25, 0.3) is 0 Å². The van der Waals surface area contributed by atoms with E-state index in [0.29, 0.717) is 11.4 Å². The summed E-state index contributed by atoms with van der Waals surface area (Å²) in [6, 6.07) is 14.1. The summed E-state index contributed by atoms with van der Waals surface area (Å²) >= 11 is 0. The minimum atomic E-state index is -0.693. The molecule has 4 heteroatoms. The zero-order valence-electron chi connectivity index (χ0n) is 11.6. The Bertz CT molecular complexity index is 597. The number of benzene rings is 2. The van der Waals surface area contributed by atoms with E-state index in [1.807, 2.05) is 49.4 Å². The monoisotopic (exact) mass is 270 g/mol. The van der Waals surface area contributed by atoms with E-state index in [2.05, 4.69) is 5.32 Å². The number of carbonyl (C=O) groups excluding carboxylic acids is 1. The van der Waals surface area contributed by atoms with Crippen LogP contribution in [-0.2, 0) is 4.79 Å². The van der Waals surface area contributed by atoms with Gasteiger partial charge in [0.1, 0.15) is 11.8 Å². The predicted molar refractivity (Wildman–Crippen MR) is 79.7 cm³/mol. The number of amides is 1. The molecule has 0 aliphatic carbocycles. The number of carbonyl (C=O) groups is 1. The zero-order valence-corrected chi connectivity index (χ0v) is 11.6. The molecular formula is C16H18N2O2. The summed E-state index contributed by atoms with van der Waals surface area (Å²) in [5.74, 6) is 0.451. The minimum Gasteiger partial charge on any atom is -0.497 e. The maximum atomic E-state index is 12.2. The smallest absolute Gasteiger partial charge is 0.245 e. The van der Waals surface area contributed by atoms with Crippen LogP contribution in [0.2, 0.25) is 0 Å². The fourth-order valence-corrected chi connectivity index (χ4v) is 1.88. The summed E-state index contributed by atoms with van der Waals surface area (Å²) in [7, 11) is 1.59. The molecule has 0 bridgehead atoms. The number of ether oxygens (including phenoxy) is 1. The maximum absolute atomic E-state index is 12.2. The fourth-order valence-electron chi connectivity index (χ4n) is 1.88. The Kier molecular flexibility index (Phi) is 4.38. The lowest BCUT2D eigenvalue weighted by Gasteiger charge is -2.14. The highest BCUT2D eigenvalue weighted by molar-refractivity contribution is 5.96. The average Bonchev–Trinajstić information content (AvgIpc) is 2.49. The molecule has 2 aromatic carbocycles. The molecule has 0 fully saturated rings. The number of nitrogens with one attached hydrogen (secondary N) is 1.